The summed E-state index contributed by atoms with van der Waals surface area (Å²) in [4.78, 5) is 11.2. The van der Waals surface area contributed by atoms with E-state index in [2.05, 4.69) is 0 Å². The molecule has 0 heterocycles. The summed E-state index contributed by atoms with van der Waals surface area (Å²) < 4.78 is 38.0. The predicted octanol–water partition coefficient (Wildman–Crippen LogP) is 5.55. The summed E-state index contributed by atoms with van der Waals surface area (Å²) >= 11 is 0. The Hall–Kier alpha value is -1.78. The summed E-state index contributed by atoms with van der Waals surface area (Å²) in [5.74, 6) is -1.32. The Balaban J connectivity index is 0.00000211. The number of rotatable bonds is 4. The lowest BCUT2D eigenvalue weighted by Crippen LogP contribution is -2.10. The van der Waals surface area contributed by atoms with Crippen molar-refractivity contribution in [2.45, 2.75) is 47.2 Å². The Labute approximate surface area is 129 Å². The van der Waals surface area contributed by atoms with Gasteiger partial charge >= 0.3 is 12.1 Å². The van der Waals surface area contributed by atoms with Gasteiger partial charge in [-0.15, -0.1) is 0 Å². The normalized spacial score (nSPS) is 13.2. The van der Waals surface area contributed by atoms with Crippen LogP contribution in [0.15, 0.2) is 23.8 Å². The molecule has 1 atom stereocenters. The lowest BCUT2D eigenvalue weighted by atomic mass is 9.94. The number of aliphatic carboxylic acids is 1. The topological polar surface area (TPSA) is 37.3 Å². The molecule has 22 heavy (non-hydrogen) atoms. The van der Waals surface area contributed by atoms with Crippen molar-refractivity contribution in [1.29, 1.82) is 0 Å². The number of aryl methyl sites for hydroxylation is 1. The summed E-state index contributed by atoms with van der Waals surface area (Å²) in [5, 5.41) is 9.17. The zero-order valence-electron chi connectivity index (χ0n) is 13.6. The first kappa shape index (κ1) is 20.2. The number of benzene rings is 1. The highest BCUT2D eigenvalue weighted by atomic mass is 19.4. The maximum absolute atomic E-state index is 12.7. The highest BCUT2D eigenvalue weighted by molar-refractivity contribution is 5.92. The van der Waals surface area contributed by atoms with Gasteiger partial charge in [-0.2, -0.15) is 13.2 Å². The number of alkyl halides is 3. The minimum absolute atomic E-state index is 0.120. The second kappa shape index (κ2) is 8.61. The van der Waals surface area contributed by atoms with Gasteiger partial charge in [-0.05, 0) is 48.6 Å². The van der Waals surface area contributed by atoms with Crippen LogP contribution in [0.4, 0.5) is 13.2 Å². The van der Waals surface area contributed by atoms with Crippen molar-refractivity contribution in [3.8, 4) is 0 Å². The van der Waals surface area contributed by atoms with Crippen LogP contribution in [0.5, 0.6) is 0 Å². The lowest BCUT2D eigenvalue weighted by molar-refractivity contribution is -0.137. The maximum atomic E-state index is 12.7. The molecule has 0 spiro atoms. The van der Waals surface area contributed by atoms with E-state index in [1.807, 2.05) is 20.8 Å². The summed E-state index contributed by atoms with van der Waals surface area (Å²) in [6.07, 6.45) is -2.49. The van der Waals surface area contributed by atoms with Crippen LogP contribution < -0.4 is 0 Å². The van der Waals surface area contributed by atoms with Crippen LogP contribution in [0.1, 0.15) is 50.8 Å². The third-order valence-corrected chi connectivity index (χ3v) is 3.31. The Morgan fingerprint density at radius 2 is 1.86 bits per heavy atom. The summed E-state index contributed by atoms with van der Waals surface area (Å²) in [5.41, 5.74) is 0.246. The maximum Gasteiger partial charge on any atom is 0.416 e. The molecule has 124 valence electrons. The van der Waals surface area contributed by atoms with Crippen molar-refractivity contribution in [2.24, 2.45) is 5.92 Å². The molecular formula is C17H23F3O2. The van der Waals surface area contributed by atoms with Crippen LogP contribution in [0.3, 0.4) is 0 Å². The molecule has 0 aliphatic carbocycles. The first-order chi connectivity index (χ1) is 10.2. The molecule has 2 nitrogen and oxygen atoms in total. The Kier molecular flexibility index (Phi) is 7.91. The molecule has 1 N–H and O–H groups in total. The molecule has 0 fully saturated rings. The molecule has 0 bridgehead atoms. The van der Waals surface area contributed by atoms with Gasteiger partial charge in [0, 0.05) is 5.57 Å². The van der Waals surface area contributed by atoms with E-state index < -0.39 is 17.7 Å². The fraction of sp³-hybridized carbons (Fsp3) is 0.471. The van der Waals surface area contributed by atoms with Crippen molar-refractivity contribution in [3.05, 3.63) is 40.5 Å². The summed E-state index contributed by atoms with van der Waals surface area (Å²) in [7, 11) is 0. The average Bonchev–Trinajstić information content (AvgIpc) is 2.46. The molecule has 5 heteroatoms. The van der Waals surface area contributed by atoms with Crippen LogP contribution in [-0.2, 0) is 11.0 Å². The first-order valence-corrected chi connectivity index (χ1v) is 7.29. The van der Waals surface area contributed by atoms with Gasteiger partial charge < -0.3 is 5.11 Å². The van der Waals surface area contributed by atoms with Gasteiger partial charge in [0.25, 0.3) is 0 Å². The van der Waals surface area contributed by atoms with E-state index in [4.69, 9.17) is 5.11 Å². The van der Waals surface area contributed by atoms with Crippen LogP contribution >= 0.6 is 0 Å². The van der Waals surface area contributed by atoms with Crippen LogP contribution in [0.2, 0.25) is 0 Å². The number of hydrogen-bond acceptors (Lipinski definition) is 1. The van der Waals surface area contributed by atoms with E-state index in [-0.39, 0.29) is 17.1 Å². The molecular weight excluding hydrogens is 293 g/mol. The van der Waals surface area contributed by atoms with E-state index in [1.165, 1.54) is 12.1 Å². The van der Waals surface area contributed by atoms with E-state index in [1.54, 1.807) is 13.8 Å². The van der Waals surface area contributed by atoms with Crippen molar-refractivity contribution in [3.63, 3.8) is 0 Å². The van der Waals surface area contributed by atoms with Gasteiger partial charge in [-0.25, -0.2) is 4.79 Å². The summed E-state index contributed by atoms with van der Waals surface area (Å²) in [6, 6.07) is 3.34. The SMILES string of the molecule is CC.CCC(C)/C(=C\c1cc(C(F)(F)F)ccc1C)C(=O)O. The van der Waals surface area contributed by atoms with Crippen LogP contribution in [0.25, 0.3) is 6.08 Å². The summed E-state index contributed by atoms with van der Waals surface area (Å²) in [6.45, 7) is 9.23. The first-order valence-electron chi connectivity index (χ1n) is 7.29. The second-order valence-electron chi connectivity index (χ2n) is 4.78. The fourth-order valence-electron chi connectivity index (χ4n) is 1.77. The molecule has 0 aromatic heterocycles. The zero-order valence-corrected chi connectivity index (χ0v) is 13.6. The minimum Gasteiger partial charge on any atom is -0.478 e. The van der Waals surface area contributed by atoms with Gasteiger partial charge in [0.15, 0.2) is 0 Å². The Morgan fingerprint density at radius 3 is 2.27 bits per heavy atom. The van der Waals surface area contributed by atoms with Gasteiger partial charge in [0.2, 0.25) is 0 Å². The molecule has 1 aromatic rings. The van der Waals surface area contributed by atoms with Gasteiger partial charge in [-0.3, -0.25) is 0 Å². The Bertz CT molecular complexity index is 531. The molecule has 0 saturated heterocycles. The molecule has 1 rings (SSSR count). The van der Waals surface area contributed by atoms with E-state index in [0.717, 1.165) is 12.1 Å². The minimum atomic E-state index is -4.43. The van der Waals surface area contributed by atoms with E-state index >= 15 is 0 Å². The van der Waals surface area contributed by atoms with Crippen LogP contribution in [0, 0.1) is 12.8 Å². The third kappa shape index (κ3) is 5.54. The number of carbonyl (C=O) groups is 1. The molecule has 0 amide bonds. The predicted molar refractivity (Wildman–Crippen MR) is 82.6 cm³/mol. The number of carboxylic acids is 1. The fourth-order valence-corrected chi connectivity index (χ4v) is 1.77. The quantitative estimate of drug-likeness (QED) is 0.739. The number of carboxylic acid groups (broad SMARTS) is 1. The standard InChI is InChI=1S/C15H17F3O2.C2H6/c1-4-9(2)13(14(19)20)8-11-7-12(15(16,17)18)6-5-10(11)3;1-2/h5-9H,4H2,1-3H3,(H,19,20);1-2H3/b13-8+;. The van der Waals surface area contributed by atoms with E-state index in [0.29, 0.717) is 12.0 Å². The molecule has 0 aliphatic rings. The molecule has 1 aromatic carbocycles. The molecule has 0 saturated carbocycles. The number of halogens is 3. The lowest BCUT2D eigenvalue weighted by Gasteiger charge is -2.12. The highest BCUT2D eigenvalue weighted by Gasteiger charge is 2.30. The van der Waals surface area contributed by atoms with Crippen LogP contribution in [-0.4, -0.2) is 11.1 Å². The van der Waals surface area contributed by atoms with Gasteiger partial charge in [0.1, 0.15) is 0 Å². The smallest absolute Gasteiger partial charge is 0.416 e. The molecule has 0 aliphatic heterocycles. The Morgan fingerprint density at radius 1 is 1.32 bits per heavy atom. The average molecular weight is 316 g/mol. The van der Waals surface area contributed by atoms with Crippen molar-refractivity contribution in [1.82, 2.24) is 0 Å². The van der Waals surface area contributed by atoms with Crippen molar-refractivity contribution < 1.29 is 23.1 Å². The number of hydrogen-bond donors (Lipinski definition) is 1. The van der Waals surface area contributed by atoms with Crippen molar-refractivity contribution in [2.75, 3.05) is 0 Å². The largest absolute Gasteiger partial charge is 0.478 e. The monoisotopic (exact) mass is 316 g/mol. The van der Waals surface area contributed by atoms with Crippen molar-refractivity contribution >= 4 is 12.0 Å². The third-order valence-electron chi connectivity index (χ3n) is 3.31. The molecule has 0 radical (unpaired) electrons. The zero-order chi connectivity index (χ0) is 17.5. The van der Waals surface area contributed by atoms with Gasteiger partial charge in [-0.1, -0.05) is 33.8 Å². The van der Waals surface area contributed by atoms with Gasteiger partial charge in [0.05, 0.1) is 5.56 Å². The molecule has 1 unspecified atom stereocenters. The second-order valence-corrected chi connectivity index (χ2v) is 4.78. The highest BCUT2D eigenvalue weighted by Crippen LogP contribution is 2.31. The van der Waals surface area contributed by atoms with E-state index in [9.17, 15) is 18.0 Å².